The molecule has 0 bridgehead atoms. The zero-order chi connectivity index (χ0) is 16.4. The van der Waals surface area contributed by atoms with Crippen molar-refractivity contribution in [1.82, 2.24) is 15.1 Å². The van der Waals surface area contributed by atoms with Gasteiger partial charge in [0.25, 0.3) is 5.56 Å². The van der Waals surface area contributed by atoms with Gasteiger partial charge in [-0.05, 0) is 43.4 Å². The van der Waals surface area contributed by atoms with Gasteiger partial charge in [-0.1, -0.05) is 18.2 Å². The Balaban J connectivity index is 1.44. The highest BCUT2D eigenvalue weighted by Crippen LogP contribution is 2.22. The molecule has 4 rings (SSSR count). The van der Waals surface area contributed by atoms with Crippen molar-refractivity contribution in [3.05, 3.63) is 57.5 Å². The first-order valence-electron chi connectivity index (χ1n) is 8.93. The van der Waals surface area contributed by atoms with Gasteiger partial charge in [0, 0.05) is 44.0 Å². The van der Waals surface area contributed by atoms with E-state index < -0.39 is 0 Å². The second-order valence-corrected chi connectivity index (χ2v) is 6.76. The van der Waals surface area contributed by atoms with E-state index >= 15 is 0 Å². The lowest BCUT2D eigenvalue weighted by Crippen LogP contribution is -2.46. The minimum Gasteiger partial charge on any atom is -0.369 e. The van der Waals surface area contributed by atoms with E-state index in [1.807, 2.05) is 0 Å². The summed E-state index contributed by atoms with van der Waals surface area (Å²) in [7, 11) is 0. The van der Waals surface area contributed by atoms with E-state index in [0.717, 1.165) is 63.2 Å². The van der Waals surface area contributed by atoms with Crippen molar-refractivity contribution in [1.29, 1.82) is 0 Å². The van der Waals surface area contributed by atoms with Crippen LogP contribution in [-0.2, 0) is 19.4 Å². The van der Waals surface area contributed by atoms with Crippen LogP contribution in [0.4, 0.5) is 5.69 Å². The quantitative estimate of drug-likeness (QED) is 0.938. The zero-order valence-corrected chi connectivity index (χ0v) is 14.0. The molecule has 1 aliphatic carbocycles. The molecule has 0 spiro atoms. The number of aromatic amines is 1. The van der Waals surface area contributed by atoms with Crippen LogP contribution in [0.2, 0.25) is 0 Å². The summed E-state index contributed by atoms with van der Waals surface area (Å²) < 4.78 is 0. The highest BCUT2D eigenvalue weighted by molar-refractivity contribution is 5.46. The van der Waals surface area contributed by atoms with Crippen LogP contribution < -0.4 is 10.5 Å². The molecule has 1 fully saturated rings. The van der Waals surface area contributed by atoms with E-state index in [2.05, 4.69) is 50.3 Å². The van der Waals surface area contributed by atoms with E-state index in [0.29, 0.717) is 0 Å². The van der Waals surface area contributed by atoms with Crippen LogP contribution in [0.25, 0.3) is 0 Å². The Kier molecular flexibility index (Phi) is 4.34. The zero-order valence-electron chi connectivity index (χ0n) is 14.0. The molecule has 0 unspecified atom stereocenters. The molecule has 1 N–H and O–H groups in total. The number of aromatic nitrogens is 2. The number of fused-ring (bicyclic) bond motifs is 1. The van der Waals surface area contributed by atoms with E-state index in [1.165, 1.54) is 17.7 Å². The summed E-state index contributed by atoms with van der Waals surface area (Å²) in [5.41, 5.74) is 4.60. The van der Waals surface area contributed by atoms with Crippen LogP contribution in [0.15, 0.2) is 35.1 Å². The Labute approximate surface area is 142 Å². The molecule has 0 amide bonds. The molecule has 0 atom stereocenters. The van der Waals surface area contributed by atoms with Crippen LogP contribution in [0.3, 0.4) is 0 Å². The normalized spacial score (nSPS) is 18.4. The molecule has 126 valence electrons. The molecule has 2 aromatic rings. The van der Waals surface area contributed by atoms with Crippen molar-refractivity contribution < 1.29 is 0 Å². The van der Waals surface area contributed by atoms with Crippen molar-refractivity contribution in [3.8, 4) is 0 Å². The molecular weight excluding hydrogens is 300 g/mol. The van der Waals surface area contributed by atoms with Gasteiger partial charge in [-0.2, -0.15) is 5.10 Å². The van der Waals surface area contributed by atoms with Gasteiger partial charge in [-0.3, -0.25) is 9.69 Å². The fourth-order valence-corrected chi connectivity index (χ4v) is 3.87. The predicted molar refractivity (Wildman–Crippen MR) is 95.4 cm³/mol. The van der Waals surface area contributed by atoms with E-state index in [-0.39, 0.29) is 5.56 Å². The molecule has 1 aromatic heterocycles. The number of nitrogens with one attached hydrogen (secondary N) is 1. The number of nitrogens with zero attached hydrogens (tertiary/aromatic N) is 3. The Morgan fingerprint density at radius 1 is 0.958 bits per heavy atom. The standard InChI is InChI=1S/C19H24N4O/c24-19-17-9-5-4-8-16(17)18(20-21-19)14-22-10-12-23(13-11-22)15-6-2-1-3-7-15/h1-3,6-7H,4-5,8-14H2,(H,21,24). The van der Waals surface area contributed by atoms with Gasteiger partial charge in [0.15, 0.2) is 0 Å². The van der Waals surface area contributed by atoms with Crippen molar-refractivity contribution in [2.24, 2.45) is 0 Å². The average molecular weight is 324 g/mol. The van der Waals surface area contributed by atoms with Gasteiger partial charge in [-0.25, -0.2) is 5.10 Å². The Hall–Kier alpha value is -2.14. The first-order valence-corrected chi connectivity index (χ1v) is 8.93. The smallest absolute Gasteiger partial charge is 0.267 e. The average Bonchev–Trinajstić information content (AvgIpc) is 2.66. The molecular formula is C19H24N4O. The third kappa shape index (κ3) is 3.08. The molecule has 5 nitrogen and oxygen atoms in total. The summed E-state index contributed by atoms with van der Waals surface area (Å²) in [6.45, 7) is 4.99. The van der Waals surface area contributed by atoms with Gasteiger partial charge >= 0.3 is 0 Å². The maximum atomic E-state index is 12.0. The lowest BCUT2D eigenvalue weighted by molar-refractivity contribution is 0.245. The Bertz CT molecular complexity index is 748. The van der Waals surface area contributed by atoms with Gasteiger partial charge in [0.2, 0.25) is 0 Å². The number of hydrogen-bond acceptors (Lipinski definition) is 4. The van der Waals surface area contributed by atoms with Crippen molar-refractivity contribution in [2.45, 2.75) is 32.2 Å². The van der Waals surface area contributed by atoms with Crippen LogP contribution in [0.1, 0.15) is 29.7 Å². The summed E-state index contributed by atoms with van der Waals surface area (Å²) in [6.07, 6.45) is 4.20. The van der Waals surface area contributed by atoms with Crippen molar-refractivity contribution in [3.63, 3.8) is 0 Å². The fraction of sp³-hybridized carbons (Fsp3) is 0.474. The molecule has 0 saturated carbocycles. The number of rotatable bonds is 3. The summed E-state index contributed by atoms with van der Waals surface area (Å²) in [5.74, 6) is 0. The molecule has 5 heteroatoms. The third-order valence-corrected chi connectivity index (χ3v) is 5.25. The topological polar surface area (TPSA) is 52.2 Å². The largest absolute Gasteiger partial charge is 0.369 e. The molecule has 1 aromatic carbocycles. The third-order valence-electron chi connectivity index (χ3n) is 5.25. The maximum absolute atomic E-state index is 12.0. The predicted octanol–water partition coefficient (Wildman–Crippen LogP) is 1.97. The minimum absolute atomic E-state index is 0.0161. The second kappa shape index (κ2) is 6.77. The van der Waals surface area contributed by atoms with Gasteiger partial charge in [0.05, 0.1) is 5.69 Å². The minimum atomic E-state index is 0.0161. The van der Waals surface area contributed by atoms with Gasteiger partial charge < -0.3 is 4.90 Å². The molecule has 1 saturated heterocycles. The van der Waals surface area contributed by atoms with Crippen molar-refractivity contribution >= 4 is 5.69 Å². The summed E-state index contributed by atoms with van der Waals surface area (Å²) in [6, 6.07) is 10.6. The number of piperazine rings is 1. The second-order valence-electron chi connectivity index (χ2n) is 6.76. The van der Waals surface area contributed by atoms with Crippen LogP contribution in [0.5, 0.6) is 0 Å². The first kappa shape index (κ1) is 15.4. The molecule has 24 heavy (non-hydrogen) atoms. The number of hydrogen-bond donors (Lipinski definition) is 1. The molecule has 2 heterocycles. The van der Waals surface area contributed by atoms with Crippen LogP contribution in [-0.4, -0.2) is 41.3 Å². The van der Waals surface area contributed by atoms with Crippen LogP contribution in [0, 0.1) is 0 Å². The monoisotopic (exact) mass is 324 g/mol. The summed E-state index contributed by atoms with van der Waals surface area (Å²) in [5, 5.41) is 7.08. The van der Waals surface area contributed by atoms with Crippen LogP contribution >= 0.6 is 0 Å². The summed E-state index contributed by atoms with van der Waals surface area (Å²) in [4.78, 5) is 16.9. The SMILES string of the molecule is O=c1[nH]nc(CN2CCN(c3ccccc3)CC2)c2c1CCCC2. The highest BCUT2D eigenvalue weighted by Gasteiger charge is 2.22. The lowest BCUT2D eigenvalue weighted by atomic mass is 9.91. The van der Waals surface area contributed by atoms with E-state index in [1.54, 1.807) is 0 Å². The molecule has 2 aliphatic rings. The molecule has 1 aliphatic heterocycles. The molecule has 0 radical (unpaired) electrons. The number of anilines is 1. The van der Waals surface area contributed by atoms with Crippen molar-refractivity contribution in [2.75, 3.05) is 31.1 Å². The Morgan fingerprint density at radius 3 is 2.42 bits per heavy atom. The maximum Gasteiger partial charge on any atom is 0.267 e. The van der Waals surface area contributed by atoms with E-state index in [9.17, 15) is 4.79 Å². The number of para-hydroxylation sites is 1. The number of benzene rings is 1. The van der Waals surface area contributed by atoms with Gasteiger partial charge in [0.1, 0.15) is 0 Å². The lowest BCUT2D eigenvalue weighted by Gasteiger charge is -2.36. The number of H-pyrrole nitrogens is 1. The van der Waals surface area contributed by atoms with E-state index in [4.69, 9.17) is 0 Å². The van der Waals surface area contributed by atoms with Gasteiger partial charge in [-0.15, -0.1) is 0 Å². The highest BCUT2D eigenvalue weighted by atomic mass is 16.1. The summed E-state index contributed by atoms with van der Waals surface area (Å²) >= 11 is 0. The Morgan fingerprint density at radius 2 is 1.67 bits per heavy atom. The fourth-order valence-electron chi connectivity index (χ4n) is 3.87. The first-order chi connectivity index (χ1) is 11.8.